The summed E-state index contributed by atoms with van der Waals surface area (Å²) in [6, 6.07) is 8.06. The van der Waals surface area contributed by atoms with Gasteiger partial charge in [0.2, 0.25) is 0 Å². The maximum absolute atomic E-state index is 6.31. The summed E-state index contributed by atoms with van der Waals surface area (Å²) in [6.07, 6.45) is 2.49. The summed E-state index contributed by atoms with van der Waals surface area (Å²) in [5, 5.41) is 5.58. The highest BCUT2D eigenvalue weighted by Gasteiger charge is 2.29. The molecular formula is C17H22ClN5S. The average Bonchev–Trinajstić information content (AvgIpc) is 3.39. The molecule has 5 nitrogen and oxygen atoms in total. The van der Waals surface area contributed by atoms with Crippen LogP contribution in [-0.4, -0.2) is 45.4 Å². The van der Waals surface area contributed by atoms with E-state index in [0.717, 1.165) is 54.2 Å². The Morgan fingerprint density at radius 3 is 2.54 bits per heavy atom. The lowest BCUT2D eigenvalue weighted by molar-refractivity contribution is 0.194. The zero-order valence-corrected chi connectivity index (χ0v) is 15.4. The molecule has 4 rings (SSSR count). The van der Waals surface area contributed by atoms with Crippen molar-refractivity contribution in [3.63, 3.8) is 0 Å². The molecule has 2 aliphatic rings. The molecule has 1 aromatic carbocycles. The van der Waals surface area contributed by atoms with E-state index in [1.165, 1.54) is 12.8 Å². The monoisotopic (exact) mass is 363 g/mol. The van der Waals surface area contributed by atoms with Crippen LogP contribution in [-0.2, 0) is 13.7 Å². The molecule has 0 spiro atoms. The van der Waals surface area contributed by atoms with E-state index in [9.17, 15) is 0 Å². The molecule has 0 bridgehead atoms. The van der Waals surface area contributed by atoms with Crippen molar-refractivity contribution in [3.8, 4) is 0 Å². The first-order valence-corrected chi connectivity index (χ1v) is 9.27. The molecule has 7 heteroatoms. The number of halogens is 1. The molecule has 0 radical (unpaired) electrons. The van der Waals surface area contributed by atoms with Gasteiger partial charge >= 0.3 is 0 Å². The van der Waals surface area contributed by atoms with Crippen molar-refractivity contribution in [3.05, 3.63) is 39.9 Å². The first kappa shape index (κ1) is 16.1. The molecule has 2 fully saturated rings. The average molecular weight is 364 g/mol. The van der Waals surface area contributed by atoms with Crippen LogP contribution in [0.25, 0.3) is 0 Å². The molecule has 0 unspecified atom stereocenters. The summed E-state index contributed by atoms with van der Waals surface area (Å²) in [5.74, 6) is 1.77. The van der Waals surface area contributed by atoms with Gasteiger partial charge in [0, 0.05) is 39.1 Å². The Hall–Kier alpha value is -1.37. The molecule has 0 N–H and O–H groups in total. The Morgan fingerprint density at radius 1 is 1.17 bits per heavy atom. The first-order chi connectivity index (χ1) is 11.6. The third-order valence-electron chi connectivity index (χ3n) is 4.92. The Balaban J connectivity index is 1.41. The number of nitrogens with zero attached hydrogens (tertiary/aromatic N) is 5. The second-order valence-corrected chi connectivity index (χ2v) is 7.44. The van der Waals surface area contributed by atoms with E-state index in [2.05, 4.69) is 20.4 Å². The number of piperazine rings is 1. The van der Waals surface area contributed by atoms with Crippen molar-refractivity contribution in [2.45, 2.75) is 25.4 Å². The summed E-state index contributed by atoms with van der Waals surface area (Å²) in [6.45, 7) is 4.69. The van der Waals surface area contributed by atoms with Crippen molar-refractivity contribution in [2.75, 3.05) is 31.1 Å². The van der Waals surface area contributed by atoms with Gasteiger partial charge in [-0.3, -0.25) is 4.90 Å². The summed E-state index contributed by atoms with van der Waals surface area (Å²) in [4.78, 5) is 4.76. The minimum atomic E-state index is 0.620. The van der Waals surface area contributed by atoms with E-state index >= 15 is 0 Å². The molecule has 2 aromatic rings. The van der Waals surface area contributed by atoms with Gasteiger partial charge in [0.25, 0.3) is 0 Å². The standard InChI is InChI=1S/C17H22ClN5S/c1-20-16(13-6-7-13)19-23(17(20)24)12-21-8-10-22(11-9-21)15-5-3-2-4-14(15)18/h2-5,13H,6-12H2,1H3. The Morgan fingerprint density at radius 2 is 1.88 bits per heavy atom. The van der Waals surface area contributed by atoms with Gasteiger partial charge in [-0.25, -0.2) is 4.68 Å². The zero-order valence-electron chi connectivity index (χ0n) is 13.9. The van der Waals surface area contributed by atoms with Crippen LogP contribution >= 0.6 is 23.8 Å². The van der Waals surface area contributed by atoms with Crippen LogP contribution in [0.3, 0.4) is 0 Å². The number of para-hydroxylation sites is 1. The van der Waals surface area contributed by atoms with Crippen molar-refractivity contribution in [1.82, 2.24) is 19.2 Å². The van der Waals surface area contributed by atoms with Gasteiger partial charge in [0.05, 0.1) is 17.4 Å². The highest BCUT2D eigenvalue weighted by molar-refractivity contribution is 7.71. The van der Waals surface area contributed by atoms with Crippen LogP contribution in [0.1, 0.15) is 24.6 Å². The SMILES string of the molecule is Cn1c(C2CC2)nn(CN2CCN(c3ccccc3Cl)CC2)c1=S. The quantitative estimate of drug-likeness (QED) is 0.780. The van der Waals surface area contributed by atoms with Crippen molar-refractivity contribution >= 4 is 29.5 Å². The van der Waals surface area contributed by atoms with Crippen LogP contribution in [0.4, 0.5) is 5.69 Å². The van der Waals surface area contributed by atoms with Gasteiger partial charge in [-0.05, 0) is 37.2 Å². The fourth-order valence-electron chi connectivity index (χ4n) is 3.32. The van der Waals surface area contributed by atoms with Crippen LogP contribution in [0, 0.1) is 4.77 Å². The largest absolute Gasteiger partial charge is 0.368 e. The molecule has 24 heavy (non-hydrogen) atoms. The first-order valence-electron chi connectivity index (χ1n) is 8.49. The van der Waals surface area contributed by atoms with E-state index < -0.39 is 0 Å². The number of benzene rings is 1. The number of rotatable bonds is 4. The lowest BCUT2D eigenvalue weighted by Crippen LogP contribution is -2.47. The van der Waals surface area contributed by atoms with Crippen LogP contribution in [0.5, 0.6) is 0 Å². The van der Waals surface area contributed by atoms with Crippen LogP contribution in [0.2, 0.25) is 5.02 Å². The predicted molar refractivity (Wildman–Crippen MR) is 99.2 cm³/mol. The molecule has 1 aromatic heterocycles. The summed E-state index contributed by atoms with van der Waals surface area (Å²) < 4.78 is 4.88. The van der Waals surface area contributed by atoms with Crippen LogP contribution in [0.15, 0.2) is 24.3 Å². The Bertz CT molecular complexity index is 787. The number of hydrogen-bond donors (Lipinski definition) is 0. The van der Waals surface area contributed by atoms with Gasteiger partial charge in [-0.15, -0.1) is 0 Å². The van der Waals surface area contributed by atoms with Crippen LogP contribution < -0.4 is 4.90 Å². The molecule has 128 valence electrons. The van der Waals surface area contributed by atoms with E-state index in [4.69, 9.17) is 28.9 Å². The van der Waals surface area contributed by atoms with Gasteiger partial charge in [0.15, 0.2) is 4.77 Å². The molecule has 1 aliphatic heterocycles. The predicted octanol–water partition coefficient (Wildman–Crippen LogP) is 3.26. The van der Waals surface area contributed by atoms with E-state index in [1.54, 1.807) is 0 Å². The number of aromatic nitrogens is 3. The Kier molecular flexibility index (Phi) is 4.37. The third kappa shape index (κ3) is 3.10. The van der Waals surface area contributed by atoms with Crippen molar-refractivity contribution < 1.29 is 0 Å². The molecule has 1 aliphatic carbocycles. The minimum absolute atomic E-state index is 0.620. The summed E-state index contributed by atoms with van der Waals surface area (Å²) in [7, 11) is 2.04. The van der Waals surface area contributed by atoms with Gasteiger partial charge in [-0.2, -0.15) is 5.10 Å². The van der Waals surface area contributed by atoms with Gasteiger partial charge < -0.3 is 9.47 Å². The maximum atomic E-state index is 6.31. The number of anilines is 1. The molecule has 0 atom stereocenters. The van der Waals surface area contributed by atoms with E-state index in [-0.39, 0.29) is 0 Å². The topological polar surface area (TPSA) is 29.2 Å². The molecule has 2 heterocycles. The lowest BCUT2D eigenvalue weighted by Gasteiger charge is -2.36. The van der Waals surface area contributed by atoms with Gasteiger partial charge in [0.1, 0.15) is 5.82 Å². The minimum Gasteiger partial charge on any atom is -0.368 e. The second-order valence-electron chi connectivity index (χ2n) is 6.67. The number of hydrogen-bond acceptors (Lipinski definition) is 4. The molecular weight excluding hydrogens is 342 g/mol. The summed E-state index contributed by atoms with van der Waals surface area (Å²) >= 11 is 11.9. The third-order valence-corrected chi connectivity index (χ3v) is 5.72. The molecule has 0 amide bonds. The molecule has 1 saturated carbocycles. The smallest absolute Gasteiger partial charge is 0.198 e. The highest BCUT2D eigenvalue weighted by Crippen LogP contribution is 2.38. The second kappa shape index (κ2) is 6.50. The Labute approximate surface area is 152 Å². The zero-order chi connectivity index (χ0) is 16.7. The molecule has 1 saturated heterocycles. The fourth-order valence-corrected chi connectivity index (χ4v) is 3.77. The lowest BCUT2D eigenvalue weighted by atomic mass is 10.2. The summed E-state index contributed by atoms with van der Waals surface area (Å²) in [5.41, 5.74) is 1.13. The fraction of sp³-hybridized carbons (Fsp3) is 0.529. The van der Waals surface area contributed by atoms with Crippen molar-refractivity contribution in [1.29, 1.82) is 0 Å². The van der Waals surface area contributed by atoms with Crippen molar-refractivity contribution in [2.24, 2.45) is 7.05 Å². The van der Waals surface area contributed by atoms with E-state index in [1.807, 2.05) is 29.9 Å². The normalized spacial score (nSPS) is 19.0. The van der Waals surface area contributed by atoms with Gasteiger partial charge in [-0.1, -0.05) is 23.7 Å². The van der Waals surface area contributed by atoms with E-state index in [0.29, 0.717) is 5.92 Å². The maximum Gasteiger partial charge on any atom is 0.198 e. The highest BCUT2D eigenvalue weighted by atomic mass is 35.5.